The zero-order valence-corrected chi connectivity index (χ0v) is 14.5. The maximum absolute atomic E-state index is 13.4. The van der Waals surface area contributed by atoms with Gasteiger partial charge in [-0.2, -0.15) is 0 Å². The van der Waals surface area contributed by atoms with Crippen LogP contribution in [-0.4, -0.2) is 23.6 Å². The quantitative estimate of drug-likeness (QED) is 0.641. The van der Waals surface area contributed by atoms with Crippen LogP contribution in [0.3, 0.4) is 0 Å². The number of ether oxygens (including phenoxy) is 1. The van der Waals surface area contributed by atoms with E-state index in [0.717, 1.165) is 0 Å². The highest BCUT2D eigenvalue weighted by Crippen LogP contribution is 2.18. The van der Waals surface area contributed by atoms with Crippen molar-refractivity contribution in [1.29, 1.82) is 0 Å². The molecule has 8 heteroatoms. The van der Waals surface area contributed by atoms with E-state index in [1.165, 1.54) is 16.7 Å². The van der Waals surface area contributed by atoms with Gasteiger partial charge in [0, 0.05) is 24.1 Å². The molecule has 0 unspecified atom stereocenters. The monoisotopic (exact) mass is 378 g/mol. The first-order valence-corrected chi connectivity index (χ1v) is 8.35. The van der Waals surface area contributed by atoms with Crippen LogP contribution in [0.25, 0.3) is 11.1 Å². The Labute approximate surface area is 153 Å². The Morgan fingerprint density at radius 1 is 1.27 bits per heavy atom. The predicted molar refractivity (Wildman–Crippen MR) is 95.0 cm³/mol. The summed E-state index contributed by atoms with van der Waals surface area (Å²) < 4.78 is 25.1. The third-order valence-corrected chi connectivity index (χ3v) is 3.95. The Morgan fingerprint density at radius 3 is 2.88 bits per heavy atom. The molecule has 0 spiro atoms. The minimum atomic E-state index is -0.544. The number of hydrogen-bond acceptors (Lipinski definition) is 4. The zero-order chi connectivity index (χ0) is 18.5. The number of para-hydroxylation sites is 1. The Morgan fingerprint density at radius 2 is 2.08 bits per heavy atom. The summed E-state index contributed by atoms with van der Waals surface area (Å²) in [6.07, 6.45) is 0.0941. The first-order valence-electron chi connectivity index (χ1n) is 7.97. The molecule has 1 amide bonds. The molecule has 1 heterocycles. The molecule has 0 radical (unpaired) electrons. The molecule has 0 saturated carbocycles. The molecule has 136 valence electrons. The summed E-state index contributed by atoms with van der Waals surface area (Å²) in [5.41, 5.74) is 0.955. The molecule has 0 fully saturated rings. The number of nitrogens with one attached hydrogen (secondary N) is 1. The van der Waals surface area contributed by atoms with Gasteiger partial charge in [0.15, 0.2) is 17.1 Å². The lowest BCUT2D eigenvalue weighted by Gasteiger charge is -2.08. The summed E-state index contributed by atoms with van der Waals surface area (Å²) in [7, 11) is 0. The molecule has 0 atom stereocenters. The lowest BCUT2D eigenvalue weighted by Crippen LogP contribution is -2.29. The number of halogens is 2. The molecule has 3 aromatic rings. The van der Waals surface area contributed by atoms with Gasteiger partial charge in [0.2, 0.25) is 5.91 Å². The summed E-state index contributed by atoms with van der Waals surface area (Å²) in [6, 6.07) is 10.9. The second-order valence-electron chi connectivity index (χ2n) is 5.51. The number of oxazole rings is 1. The fourth-order valence-corrected chi connectivity index (χ4v) is 2.63. The second kappa shape index (κ2) is 8.05. The van der Waals surface area contributed by atoms with Crippen molar-refractivity contribution in [2.45, 2.75) is 13.0 Å². The standard InChI is InChI=1S/C18H16ClFN2O4/c19-12-5-6-14-16(11-12)26-18(24)22(14)9-7-17(23)21-8-10-25-15-4-2-1-3-13(15)20/h1-6,11H,7-10H2,(H,21,23). The maximum atomic E-state index is 13.4. The van der Waals surface area contributed by atoms with Crippen LogP contribution in [0.5, 0.6) is 5.75 Å². The molecule has 0 aliphatic rings. The number of amides is 1. The third-order valence-electron chi connectivity index (χ3n) is 3.71. The molecular weight excluding hydrogens is 363 g/mol. The van der Waals surface area contributed by atoms with Crippen LogP contribution in [0.2, 0.25) is 5.02 Å². The number of carbonyl (C=O) groups excluding carboxylic acids is 1. The van der Waals surface area contributed by atoms with Crippen LogP contribution in [0.4, 0.5) is 4.39 Å². The van der Waals surface area contributed by atoms with Gasteiger partial charge < -0.3 is 14.5 Å². The Bertz CT molecular complexity index is 983. The minimum Gasteiger partial charge on any atom is -0.489 e. The number of carbonyl (C=O) groups is 1. The number of aromatic nitrogens is 1. The van der Waals surface area contributed by atoms with Crippen molar-refractivity contribution in [3.05, 3.63) is 63.9 Å². The Balaban J connectivity index is 1.48. The van der Waals surface area contributed by atoms with E-state index in [1.54, 1.807) is 30.3 Å². The lowest BCUT2D eigenvalue weighted by molar-refractivity contribution is -0.121. The molecule has 6 nitrogen and oxygen atoms in total. The van der Waals surface area contributed by atoms with Gasteiger partial charge in [0.25, 0.3) is 0 Å². The lowest BCUT2D eigenvalue weighted by atomic mass is 10.3. The highest BCUT2D eigenvalue weighted by atomic mass is 35.5. The summed E-state index contributed by atoms with van der Waals surface area (Å²) in [5.74, 6) is -1.11. The number of aryl methyl sites for hydroxylation is 1. The van der Waals surface area contributed by atoms with Crippen molar-refractivity contribution >= 4 is 28.6 Å². The number of nitrogens with zero attached hydrogens (tertiary/aromatic N) is 1. The number of fused-ring (bicyclic) bond motifs is 1. The molecule has 0 saturated heterocycles. The van der Waals surface area contributed by atoms with Gasteiger partial charge in [0.05, 0.1) is 12.1 Å². The smallest absolute Gasteiger partial charge is 0.419 e. The second-order valence-corrected chi connectivity index (χ2v) is 5.95. The summed E-state index contributed by atoms with van der Waals surface area (Å²) in [4.78, 5) is 23.8. The van der Waals surface area contributed by atoms with E-state index in [1.807, 2.05) is 0 Å². The van der Waals surface area contributed by atoms with Crippen molar-refractivity contribution in [2.75, 3.05) is 13.2 Å². The maximum Gasteiger partial charge on any atom is 0.419 e. The summed E-state index contributed by atoms with van der Waals surface area (Å²) in [5, 5.41) is 3.12. The van der Waals surface area contributed by atoms with Gasteiger partial charge in [-0.1, -0.05) is 23.7 Å². The number of hydrogen-bond donors (Lipinski definition) is 1. The van der Waals surface area contributed by atoms with E-state index in [-0.39, 0.29) is 37.8 Å². The van der Waals surface area contributed by atoms with Crippen molar-refractivity contribution in [3.63, 3.8) is 0 Å². The van der Waals surface area contributed by atoms with Crippen molar-refractivity contribution in [1.82, 2.24) is 9.88 Å². The van der Waals surface area contributed by atoms with Gasteiger partial charge >= 0.3 is 5.76 Å². The van der Waals surface area contributed by atoms with Crippen LogP contribution in [0.1, 0.15) is 6.42 Å². The SMILES string of the molecule is O=C(CCn1c(=O)oc2cc(Cl)ccc21)NCCOc1ccccc1F. The van der Waals surface area contributed by atoms with Gasteiger partial charge in [-0.05, 0) is 24.3 Å². The van der Waals surface area contributed by atoms with E-state index >= 15 is 0 Å². The van der Waals surface area contributed by atoms with Crippen LogP contribution >= 0.6 is 11.6 Å². The van der Waals surface area contributed by atoms with Gasteiger partial charge in [-0.3, -0.25) is 9.36 Å². The average molecular weight is 379 g/mol. The molecule has 1 aromatic heterocycles. The molecule has 1 N–H and O–H groups in total. The highest BCUT2D eigenvalue weighted by molar-refractivity contribution is 6.31. The van der Waals surface area contributed by atoms with E-state index in [2.05, 4.69) is 5.32 Å². The normalized spacial score (nSPS) is 10.8. The largest absolute Gasteiger partial charge is 0.489 e. The average Bonchev–Trinajstić information content (AvgIpc) is 2.92. The van der Waals surface area contributed by atoms with E-state index < -0.39 is 11.6 Å². The van der Waals surface area contributed by atoms with Crippen molar-refractivity contribution in [3.8, 4) is 5.75 Å². The van der Waals surface area contributed by atoms with Crippen molar-refractivity contribution in [2.24, 2.45) is 0 Å². The van der Waals surface area contributed by atoms with Crippen LogP contribution in [0, 0.1) is 5.82 Å². The predicted octanol–water partition coefficient (Wildman–Crippen LogP) is 2.97. The summed E-state index contributed by atoms with van der Waals surface area (Å²) >= 11 is 5.86. The Kier molecular flexibility index (Phi) is 5.58. The van der Waals surface area contributed by atoms with Crippen LogP contribution in [0.15, 0.2) is 51.7 Å². The molecule has 0 aliphatic carbocycles. The van der Waals surface area contributed by atoms with E-state index in [0.29, 0.717) is 16.1 Å². The molecule has 3 rings (SSSR count). The first-order chi connectivity index (χ1) is 12.5. The fraction of sp³-hybridized carbons (Fsp3) is 0.222. The van der Waals surface area contributed by atoms with E-state index in [4.69, 9.17) is 20.8 Å². The summed E-state index contributed by atoms with van der Waals surface area (Å²) in [6.45, 7) is 0.539. The van der Waals surface area contributed by atoms with Crippen LogP contribution in [-0.2, 0) is 11.3 Å². The third kappa shape index (κ3) is 4.23. The number of benzene rings is 2. The molecule has 0 aliphatic heterocycles. The molecule has 2 aromatic carbocycles. The first kappa shape index (κ1) is 18.0. The fourth-order valence-electron chi connectivity index (χ4n) is 2.47. The van der Waals surface area contributed by atoms with Gasteiger partial charge in [-0.15, -0.1) is 0 Å². The molecular formula is C18H16ClFN2O4. The Hall–Kier alpha value is -2.80. The van der Waals surface area contributed by atoms with E-state index in [9.17, 15) is 14.0 Å². The minimum absolute atomic E-state index is 0.0941. The highest BCUT2D eigenvalue weighted by Gasteiger charge is 2.11. The van der Waals surface area contributed by atoms with Crippen molar-refractivity contribution < 1.29 is 18.3 Å². The molecule has 26 heavy (non-hydrogen) atoms. The number of rotatable bonds is 7. The zero-order valence-electron chi connectivity index (χ0n) is 13.7. The topological polar surface area (TPSA) is 73.5 Å². The van der Waals surface area contributed by atoms with Crippen LogP contribution < -0.4 is 15.8 Å². The van der Waals surface area contributed by atoms with Gasteiger partial charge in [-0.25, -0.2) is 9.18 Å². The molecule has 0 bridgehead atoms. The van der Waals surface area contributed by atoms with Gasteiger partial charge in [0.1, 0.15) is 6.61 Å².